The lowest BCUT2D eigenvalue weighted by Gasteiger charge is -2.23. The van der Waals surface area contributed by atoms with Crippen LogP contribution in [0.15, 0.2) is 41.5 Å². The van der Waals surface area contributed by atoms with E-state index in [-0.39, 0.29) is 18.3 Å². The van der Waals surface area contributed by atoms with Crippen LogP contribution in [0.4, 0.5) is 8.78 Å². The van der Waals surface area contributed by atoms with E-state index in [1.807, 2.05) is 0 Å². The third-order valence-corrected chi connectivity index (χ3v) is 2.13. The Bertz CT molecular complexity index is 458. The molecule has 17 heavy (non-hydrogen) atoms. The lowest BCUT2D eigenvalue weighted by atomic mass is 10.2. The Labute approximate surface area is 96.8 Å². The van der Waals surface area contributed by atoms with Gasteiger partial charge in [-0.2, -0.15) is 9.38 Å². The van der Waals surface area contributed by atoms with Gasteiger partial charge in [-0.05, 0) is 23.8 Å². The molecule has 4 nitrogen and oxygen atoms in total. The highest BCUT2D eigenvalue weighted by atomic mass is 19.2. The summed E-state index contributed by atoms with van der Waals surface area (Å²) in [6.07, 6.45) is 0.360. The van der Waals surface area contributed by atoms with Crippen molar-refractivity contribution in [2.45, 2.75) is 12.7 Å². The fraction of sp³-hybridized carbons (Fsp3) is 0.182. The average molecular weight is 239 g/mol. The van der Waals surface area contributed by atoms with Gasteiger partial charge in [0, 0.05) is 6.20 Å². The molecule has 3 N–H and O–H groups in total. The van der Waals surface area contributed by atoms with Crippen molar-refractivity contribution < 1.29 is 13.5 Å². The molecule has 0 saturated heterocycles. The van der Waals surface area contributed by atoms with Gasteiger partial charge in [0.05, 0.1) is 6.61 Å². The molecule has 0 aliphatic carbocycles. The predicted octanol–water partition coefficient (Wildman–Crippen LogP) is 1.40. The summed E-state index contributed by atoms with van der Waals surface area (Å²) in [4.78, 5) is 3.48. The minimum Gasteiger partial charge on any atom is -0.384 e. The molecule has 6 heteroatoms. The summed E-state index contributed by atoms with van der Waals surface area (Å²) in [6.45, 7) is -0.0472. The maximum absolute atomic E-state index is 13.9. The number of aliphatic imine (C=N–C) groups is 1. The zero-order chi connectivity index (χ0) is 12.3. The third kappa shape index (κ3) is 3.01. The second-order valence-corrected chi connectivity index (χ2v) is 3.49. The van der Waals surface area contributed by atoms with Gasteiger partial charge in [-0.25, -0.2) is 4.39 Å². The van der Waals surface area contributed by atoms with Crippen molar-refractivity contribution in [3.05, 3.63) is 47.9 Å². The second-order valence-electron chi connectivity index (χ2n) is 3.49. The number of ether oxygens (including phenoxy) is 1. The number of benzene rings is 1. The second kappa shape index (κ2) is 4.50. The van der Waals surface area contributed by atoms with Gasteiger partial charge in [-0.1, -0.05) is 12.1 Å². The van der Waals surface area contributed by atoms with Crippen LogP contribution in [0, 0.1) is 5.82 Å². The molecule has 0 aromatic heterocycles. The molecule has 0 bridgehead atoms. The van der Waals surface area contributed by atoms with Crippen LogP contribution < -0.4 is 11.1 Å². The summed E-state index contributed by atoms with van der Waals surface area (Å²) >= 11 is 0. The quantitative estimate of drug-likeness (QED) is 0.784. The summed E-state index contributed by atoms with van der Waals surface area (Å²) in [6, 6.07) is 5.56. The maximum atomic E-state index is 13.9. The smallest absolute Gasteiger partial charge is 0.384 e. The topological polar surface area (TPSA) is 59.6 Å². The summed E-state index contributed by atoms with van der Waals surface area (Å²) in [5.41, 5.74) is 5.99. The van der Waals surface area contributed by atoms with Crippen molar-refractivity contribution in [3.63, 3.8) is 0 Å². The first-order valence-corrected chi connectivity index (χ1v) is 4.94. The molecule has 1 aromatic carbocycles. The van der Waals surface area contributed by atoms with Crippen LogP contribution >= 0.6 is 0 Å². The Kier molecular flexibility index (Phi) is 3.06. The molecule has 0 saturated carbocycles. The number of nitrogens with zero attached hydrogens (tertiary/aromatic N) is 1. The number of nitrogens with two attached hydrogens (primary N) is 1. The Morgan fingerprint density at radius 2 is 2.06 bits per heavy atom. The summed E-state index contributed by atoms with van der Waals surface area (Å²) in [7, 11) is 0. The van der Waals surface area contributed by atoms with E-state index in [1.54, 1.807) is 0 Å². The average Bonchev–Trinajstić information content (AvgIpc) is 2.28. The van der Waals surface area contributed by atoms with E-state index >= 15 is 0 Å². The number of amidine groups is 1. The van der Waals surface area contributed by atoms with Gasteiger partial charge in [-0.15, -0.1) is 0 Å². The monoisotopic (exact) mass is 239 g/mol. The predicted molar refractivity (Wildman–Crippen MR) is 58.9 cm³/mol. The van der Waals surface area contributed by atoms with Crippen molar-refractivity contribution >= 4 is 5.84 Å². The molecular formula is C11H11F2N3O. The zero-order valence-corrected chi connectivity index (χ0v) is 8.86. The molecule has 1 aromatic rings. The van der Waals surface area contributed by atoms with Crippen LogP contribution in [0.2, 0.25) is 0 Å². The van der Waals surface area contributed by atoms with Crippen LogP contribution in [0.25, 0.3) is 0 Å². The number of halogens is 2. The molecule has 90 valence electrons. The van der Waals surface area contributed by atoms with E-state index in [9.17, 15) is 8.78 Å². The van der Waals surface area contributed by atoms with Gasteiger partial charge in [0.2, 0.25) is 0 Å². The highest BCUT2D eigenvalue weighted by Gasteiger charge is 2.30. The largest absolute Gasteiger partial charge is 0.396 e. The molecule has 1 aliphatic heterocycles. The molecule has 1 atom stereocenters. The van der Waals surface area contributed by atoms with Gasteiger partial charge >= 0.3 is 6.10 Å². The molecule has 0 amide bonds. The number of rotatable bonds is 3. The fourth-order valence-corrected chi connectivity index (χ4v) is 1.30. The van der Waals surface area contributed by atoms with Crippen molar-refractivity contribution in [3.8, 4) is 0 Å². The lowest BCUT2D eigenvalue weighted by Crippen LogP contribution is -2.42. The SMILES string of the molecule is NC1=NC(F)(OCc2ccc(F)cc2)NC=C1. The van der Waals surface area contributed by atoms with Crippen LogP contribution in [-0.2, 0) is 11.3 Å². The van der Waals surface area contributed by atoms with Crippen molar-refractivity contribution in [2.24, 2.45) is 10.7 Å². The van der Waals surface area contributed by atoms with Gasteiger partial charge in [0.1, 0.15) is 11.7 Å². The minimum atomic E-state index is -2.37. The lowest BCUT2D eigenvalue weighted by molar-refractivity contribution is -0.163. The fourth-order valence-electron chi connectivity index (χ4n) is 1.30. The first-order chi connectivity index (χ1) is 8.07. The number of nitrogens with one attached hydrogen (secondary N) is 1. The highest BCUT2D eigenvalue weighted by molar-refractivity contribution is 5.92. The molecule has 2 rings (SSSR count). The first-order valence-electron chi connectivity index (χ1n) is 4.94. The first kappa shape index (κ1) is 11.5. The van der Waals surface area contributed by atoms with Gasteiger partial charge in [-0.3, -0.25) is 0 Å². The Morgan fingerprint density at radius 3 is 2.71 bits per heavy atom. The van der Waals surface area contributed by atoms with E-state index in [2.05, 4.69) is 10.3 Å². The van der Waals surface area contributed by atoms with Crippen LogP contribution in [0.3, 0.4) is 0 Å². The number of hydrogen-bond acceptors (Lipinski definition) is 4. The molecule has 1 heterocycles. The Morgan fingerprint density at radius 1 is 1.35 bits per heavy atom. The van der Waals surface area contributed by atoms with Gasteiger partial charge in [0.25, 0.3) is 0 Å². The van der Waals surface area contributed by atoms with Crippen molar-refractivity contribution in [1.29, 1.82) is 0 Å². The minimum absolute atomic E-state index is 0.0327. The number of alkyl halides is 1. The molecule has 1 unspecified atom stereocenters. The molecule has 1 aliphatic rings. The highest BCUT2D eigenvalue weighted by Crippen LogP contribution is 2.17. The summed E-state index contributed by atoms with van der Waals surface area (Å²) in [5, 5.41) is 2.30. The maximum Gasteiger partial charge on any atom is 0.396 e. The van der Waals surface area contributed by atoms with E-state index in [1.165, 1.54) is 36.5 Å². The van der Waals surface area contributed by atoms with E-state index in [4.69, 9.17) is 10.5 Å². The molecule has 0 spiro atoms. The standard InChI is InChI=1S/C11H11F2N3O/c12-9-3-1-8(2-4-9)7-17-11(13)15-6-5-10(14)16-11/h1-6,15H,7H2,(H2,14,16). The molecule has 0 radical (unpaired) electrons. The van der Waals surface area contributed by atoms with E-state index in [0.29, 0.717) is 5.56 Å². The molecule has 0 fully saturated rings. The molecular weight excluding hydrogens is 228 g/mol. The summed E-state index contributed by atoms with van der Waals surface area (Å²) in [5.74, 6) is -0.324. The third-order valence-electron chi connectivity index (χ3n) is 2.13. The Hall–Kier alpha value is -1.95. The van der Waals surface area contributed by atoms with Crippen LogP contribution in [-0.4, -0.2) is 11.9 Å². The van der Waals surface area contributed by atoms with Gasteiger partial charge in [0.15, 0.2) is 0 Å². The van der Waals surface area contributed by atoms with E-state index in [0.717, 1.165) is 0 Å². The van der Waals surface area contributed by atoms with Crippen LogP contribution in [0.1, 0.15) is 5.56 Å². The number of hydrogen-bond donors (Lipinski definition) is 2. The zero-order valence-electron chi connectivity index (χ0n) is 8.86. The summed E-state index contributed by atoms with van der Waals surface area (Å²) < 4.78 is 31.4. The van der Waals surface area contributed by atoms with Gasteiger partial charge < -0.3 is 15.8 Å². The Balaban J connectivity index is 1.98. The van der Waals surface area contributed by atoms with Crippen molar-refractivity contribution in [1.82, 2.24) is 5.32 Å². The van der Waals surface area contributed by atoms with E-state index < -0.39 is 6.10 Å². The normalized spacial score (nSPS) is 23.1. The van der Waals surface area contributed by atoms with Crippen LogP contribution in [0.5, 0.6) is 0 Å². The van der Waals surface area contributed by atoms with Crippen molar-refractivity contribution in [2.75, 3.05) is 0 Å².